The van der Waals surface area contributed by atoms with Crippen LogP contribution in [0, 0.1) is 12.8 Å². The number of H-pyrrole nitrogens is 1. The molecule has 0 saturated heterocycles. The van der Waals surface area contributed by atoms with Crippen LogP contribution in [0.1, 0.15) is 30.4 Å². The Morgan fingerprint density at radius 1 is 1.39 bits per heavy atom. The lowest BCUT2D eigenvalue weighted by Gasteiger charge is -2.06. The maximum absolute atomic E-state index is 11.6. The SMILES string of the molecule is [CH2]c1c(O)c2ccc(CCC3CC3)cc2[nH]c1=O. The minimum Gasteiger partial charge on any atom is -0.507 e. The van der Waals surface area contributed by atoms with E-state index in [0.717, 1.165) is 12.3 Å². The number of rotatable bonds is 3. The standard InChI is InChI=1S/C15H16NO2/c1-9-14(17)12-7-6-11(5-4-10-2-3-10)8-13(12)16-15(9)18/h6-8,10H,1-5H2,(H2,16,17,18). The summed E-state index contributed by atoms with van der Waals surface area (Å²) in [5.41, 5.74) is 1.71. The number of hydrogen-bond donors (Lipinski definition) is 2. The highest BCUT2D eigenvalue weighted by molar-refractivity contribution is 5.86. The topological polar surface area (TPSA) is 53.1 Å². The number of benzene rings is 1. The fourth-order valence-corrected chi connectivity index (χ4v) is 2.30. The van der Waals surface area contributed by atoms with Gasteiger partial charge in [-0.15, -0.1) is 0 Å². The second-order valence-corrected chi connectivity index (χ2v) is 5.14. The number of aryl methyl sites for hydroxylation is 1. The monoisotopic (exact) mass is 242 g/mol. The van der Waals surface area contributed by atoms with Crippen molar-refractivity contribution in [1.82, 2.24) is 4.98 Å². The van der Waals surface area contributed by atoms with Crippen LogP contribution >= 0.6 is 0 Å². The maximum Gasteiger partial charge on any atom is 0.255 e. The van der Waals surface area contributed by atoms with Crippen LogP contribution < -0.4 is 5.56 Å². The van der Waals surface area contributed by atoms with Crippen molar-refractivity contribution in [1.29, 1.82) is 0 Å². The van der Waals surface area contributed by atoms with Gasteiger partial charge in [-0.1, -0.05) is 18.9 Å². The average molecular weight is 242 g/mol. The molecule has 0 amide bonds. The molecule has 1 aromatic heterocycles. The molecule has 0 unspecified atom stereocenters. The van der Waals surface area contributed by atoms with Crippen molar-refractivity contribution in [3.8, 4) is 5.75 Å². The van der Waals surface area contributed by atoms with E-state index in [1.807, 2.05) is 18.2 Å². The molecule has 1 saturated carbocycles. The van der Waals surface area contributed by atoms with Gasteiger partial charge in [-0.05, 0) is 43.4 Å². The van der Waals surface area contributed by atoms with E-state index in [-0.39, 0.29) is 16.9 Å². The molecule has 1 fully saturated rings. The van der Waals surface area contributed by atoms with Gasteiger partial charge in [0.1, 0.15) is 5.75 Å². The van der Waals surface area contributed by atoms with Gasteiger partial charge in [0.05, 0.1) is 11.1 Å². The van der Waals surface area contributed by atoms with Gasteiger partial charge in [-0.2, -0.15) is 0 Å². The fraction of sp³-hybridized carbons (Fsp3) is 0.333. The first-order valence-electron chi connectivity index (χ1n) is 6.35. The largest absolute Gasteiger partial charge is 0.507 e. The number of aromatic nitrogens is 1. The van der Waals surface area contributed by atoms with Gasteiger partial charge in [-0.3, -0.25) is 4.79 Å². The molecule has 1 aromatic carbocycles. The molecule has 1 aliphatic carbocycles. The molecule has 1 heterocycles. The summed E-state index contributed by atoms with van der Waals surface area (Å²) in [6.07, 6.45) is 4.97. The van der Waals surface area contributed by atoms with Crippen LogP contribution in [0.25, 0.3) is 10.9 Å². The molecular formula is C15H16NO2. The first-order valence-corrected chi connectivity index (χ1v) is 6.35. The van der Waals surface area contributed by atoms with E-state index in [4.69, 9.17) is 0 Å². The Balaban J connectivity index is 2.00. The first-order chi connectivity index (χ1) is 8.65. The maximum atomic E-state index is 11.6. The van der Waals surface area contributed by atoms with Crippen molar-refractivity contribution in [3.05, 3.63) is 46.6 Å². The van der Waals surface area contributed by atoms with Crippen molar-refractivity contribution in [2.24, 2.45) is 5.92 Å². The Kier molecular flexibility index (Phi) is 2.62. The Morgan fingerprint density at radius 3 is 2.89 bits per heavy atom. The van der Waals surface area contributed by atoms with Gasteiger partial charge < -0.3 is 10.1 Å². The zero-order valence-corrected chi connectivity index (χ0v) is 10.2. The zero-order chi connectivity index (χ0) is 12.7. The fourth-order valence-electron chi connectivity index (χ4n) is 2.30. The van der Waals surface area contributed by atoms with Crippen LogP contribution in [0.2, 0.25) is 0 Å². The number of pyridine rings is 1. The summed E-state index contributed by atoms with van der Waals surface area (Å²) in [7, 11) is 0. The molecule has 0 aliphatic heterocycles. The van der Waals surface area contributed by atoms with Crippen molar-refractivity contribution in [2.45, 2.75) is 25.7 Å². The lowest BCUT2D eigenvalue weighted by Crippen LogP contribution is -2.09. The van der Waals surface area contributed by atoms with Gasteiger partial charge >= 0.3 is 0 Å². The second-order valence-electron chi connectivity index (χ2n) is 5.14. The number of aromatic hydroxyl groups is 1. The number of fused-ring (bicyclic) bond motifs is 1. The predicted octanol–water partition coefficient (Wildman–Crippen LogP) is 2.76. The Morgan fingerprint density at radius 2 is 2.17 bits per heavy atom. The Bertz CT molecular complexity index is 653. The third-order valence-electron chi connectivity index (χ3n) is 3.69. The predicted molar refractivity (Wildman–Crippen MR) is 71.7 cm³/mol. The Labute approximate surface area is 105 Å². The van der Waals surface area contributed by atoms with E-state index >= 15 is 0 Å². The van der Waals surface area contributed by atoms with Crippen molar-refractivity contribution < 1.29 is 5.11 Å². The van der Waals surface area contributed by atoms with E-state index in [0.29, 0.717) is 10.9 Å². The molecule has 18 heavy (non-hydrogen) atoms. The third-order valence-corrected chi connectivity index (χ3v) is 3.69. The summed E-state index contributed by atoms with van der Waals surface area (Å²) >= 11 is 0. The molecule has 2 N–H and O–H groups in total. The van der Waals surface area contributed by atoms with E-state index in [1.165, 1.54) is 24.8 Å². The zero-order valence-electron chi connectivity index (χ0n) is 10.2. The molecule has 3 heteroatoms. The molecule has 2 aromatic rings. The van der Waals surface area contributed by atoms with Crippen molar-refractivity contribution in [3.63, 3.8) is 0 Å². The summed E-state index contributed by atoms with van der Waals surface area (Å²) in [6, 6.07) is 5.83. The minimum atomic E-state index is -0.320. The molecule has 0 bridgehead atoms. The van der Waals surface area contributed by atoms with Crippen LogP contribution in [0.4, 0.5) is 0 Å². The summed E-state index contributed by atoms with van der Waals surface area (Å²) < 4.78 is 0. The lowest BCUT2D eigenvalue weighted by molar-refractivity contribution is 0.478. The molecule has 1 aliphatic rings. The summed E-state index contributed by atoms with van der Waals surface area (Å²) in [6.45, 7) is 3.57. The van der Waals surface area contributed by atoms with Gasteiger partial charge in [-0.25, -0.2) is 0 Å². The molecule has 0 spiro atoms. The van der Waals surface area contributed by atoms with Crippen LogP contribution in [0.15, 0.2) is 23.0 Å². The molecule has 3 nitrogen and oxygen atoms in total. The smallest absolute Gasteiger partial charge is 0.255 e. The number of nitrogens with one attached hydrogen (secondary N) is 1. The molecule has 0 atom stereocenters. The summed E-state index contributed by atoms with van der Waals surface area (Å²) in [5.74, 6) is 0.887. The van der Waals surface area contributed by atoms with Crippen LogP contribution in [-0.2, 0) is 6.42 Å². The van der Waals surface area contributed by atoms with Crippen LogP contribution in [0.5, 0.6) is 5.75 Å². The van der Waals surface area contributed by atoms with Gasteiger partial charge in [0.2, 0.25) is 0 Å². The van der Waals surface area contributed by atoms with Crippen LogP contribution in [-0.4, -0.2) is 10.1 Å². The van der Waals surface area contributed by atoms with Gasteiger partial charge in [0, 0.05) is 5.39 Å². The molecule has 1 radical (unpaired) electrons. The van der Waals surface area contributed by atoms with Crippen molar-refractivity contribution >= 4 is 10.9 Å². The van der Waals surface area contributed by atoms with E-state index in [9.17, 15) is 9.90 Å². The molecular weight excluding hydrogens is 226 g/mol. The van der Waals surface area contributed by atoms with Gasteiger partial charge in [0.15, 0.2) is 0 Å². The van der Waals surface area contributed by atoms with E-state index < -0.39 is 0 Å². The van der Waals surface area contributed by atoms with Crippen molar-refractivity contribution in [2.75, 3.05) is 0 Å². The molecule has 93 valence electrons. The normalized spacial score (nSPS) is 15.2. The first kappa shape index (κ1) is 11.3. The quantitative estimate of drug-likeness (QED) is 0.869. The van der Waals surface area contributed by atoms with Crippen LogP contribution in [0.3, 0.4) is 0 Å². The number of aromatic amines is 1. The number of hydrogen-bond acceptors (Lipinski definition) is 2. The minimum absolute atomic E-state index is 0.0116. The highest BCUT2D eigenvalue weighted by atomic mass is 16.3. The highest BCUT2D eigenvalue weighted by Crippen LogP contribution is 2.34. The highest BCUT2D eigenvalue weighted by Gasteiger charge is 2.20. The van der Waals surface area contributed by atoms with E-state index in [1.54, 1.807) is 0 Å². The van der Waals surface area contributed by atoms with E-state index in [2.05, 4.69) is 11.9 Å². The lowest BCUT2D eigenvalue weighted by atomic mass is 10.0. The summed E-state index contributed by atoms with van der Waals surface area (Å²) in [4.78, 5) is 14.3. The second kappa shape index (κ2) is 4.16. The average Bonchev–Trinajstić information content (AvgIpc) is 3.17. The third kappa shape index (κ3) is 2.01. The molecule has 3 rings (SSSR count). The summed E-state index contributed by atoms with van der Waals surface area (Å²) in [5, 5.41) is 10.5. The Hall–Kier alpha value is -1.77. The van der Waals surface area contributed by atoms with Gasteiger partial charge in [0.25, 0.3) is 5.56 Å².